The summed E-state index contributed by atoms with van der Waals surface area (Å²) in [4.78, 5) is 49.8. The van der Waals surface area contributed by atoms with E-state index in [0.717, 1.165) is 0 Å². The Kier molecular flexibility index (Phi) is 6.34. The maximum Gasteiger partial charge on any atom is 0.308 e. The zero-order chi connectivity index (χ0) is 22.1. The second-order valence-corrected chi connectivity index (χ2v) is 9.56. The highest BCUT2D eigenvalue weighted by Crippen LogP contribution is 2.49. The van der Waals surface area contributed by atoms with E-state index in [1.54, 1.807) is 0 Å². The van der Waals surface area contributed by atoms with Gasteiger partial charge in [-0.25, -0.2) is 0 Å². The first-order chi connectivity index (χ1) is 14.1. The second kappa shape index (κ2) is 8.48. The van der Waals surface area contributed by atoms with Gasteiger partial charge in [-0.2, -0.15) is 0 Å². The number of methoxy groups -OCH3 is 2. The topological polar surface area (TPSA) is 86.7 Å². The molecule has 0 atom stereocenters. The smallest absolute Gasteiger partial charge is 0.308 e. The van der Waals surface area contributed by atoms with Crippen LogP contribution in [-0.2, 0) is 28.7 Å². The van der Waals surface area contributed by atoms with Crippen LogP contribution >= 0.6 is 0 Å². The lowest BCUT2D eigenvalue weighted by Gasteiger charge is -2.41. The van der Waals surface area contributed by atoms with E-state index >= 15 is 0 Å². The standard InChI is InChI=1S/C24H32O6/c1-23(9-5-15(6-10-23)21(27)29-3)17-13-20(26)18(14-19(17)25)24(2)11-7-16(8-12-24)22(28)30-4/h13-16H,5-12H2,1-4H3. The number of carbonyl (C=O) groups excluding carboxylic acids is 4. The molecule has 6 nitrogen and oxygen atoms in total. The molecule has 0 spiro atoms. The molecule has 0 aromatic carbocycles. The summed E-state index contributed by atoms with van der Waals surface area (Å²) in [5.74, 6) is -0.856. The largest absolute Gasteiger partial charge is 0.469 e. The fourth-order valence-corrected chi connectivity index (χ4v) is 5.36. The number of hydrogen-bond donors (Lipinski definition) is 0. The van der Waals surface area contributed by atoms with Crippen molar-refractivity contribution in [2.24, 2.45) is 22.7 Å². The van der Waals surface area contributed by atoms with E-state index in [2.05, 4.69) is 0 Å². The first-order valence-electron chi connectivity index (χ1n) is 10.8. The Morgan fingerprint density at radius 2 is 1.03 bits per heavy atom. The van der Waals surface area contributed by atoms with Crippen LogP contribution in [0.15, 0.2) is 23.3 Å². The van der Waals surface area contributed by atoms with Gasteiger partial charge in [0.1, 0.15) is 0 Å². The average molecular weight is 417 g/mol. The van der Waals surface area contributed by atoms with Gasteiger partial charge in [0, 0.05) is 11.1 Å². The quantitative estimate of drug-likeness (QED) is 0.513. The van der Waals surface area contributed by atoms with Crippen LogP contribution in [0.25, 0.3) is 0 Å². The minimum absolute atomic E-state index is 0.0973. The van der Waals surface area contributed by atoms with Crippen LogP contribution in [-0.4, -0.2) is 37.7 Å². The Hall–Kier alpha value is -2.24. The molecular weight excluding hydrogens is 384 g/mol. The molecule has 2 saturated carbocycles. The fourth-order valence-electron chi connectivity index (χ4n) is 5.36. The summed E-state index contributed by atoms with van der Waals surface area (Å²) in [5, 5.41) is 0. The van der Waals surface area contributed by atoms with Gasteiger partial charge < -0.3 is 9.47 Å². The Morgan fingerprint density at radius 1 is 0.733 bits per heavy atom. The number of ether oxygens (including phenoxy) is 2. The maximum absolute atomic E-state index is 13.1. The lowest BCUT2D eigenvalue weighted by molar-refractivity contribution is -0.148. The van der Waals surface area contributed by atoms with Crippen molar-refractivity contribution in [1.29, 1.82) is 0 Å². The van der Waals surface area contributed by atoms with Crippen molar-refractivity contribution >= 4 is 23.5 Å². The van der Waals surface area contributed by atoms with E-state index in [1.807, 2.05) is 13.8 Å². The number of esters is 2. The summed E-state index contributed by atoms with van der Waals surface area (Å²) in [5.41, 5.74) is 0.323. The van der Waals surface area contributed by atoms with Crippen molar-refractivity contribution in [3.8, 4) is 0 Å². The van der Waals surface area contributed by atoms with Gasteiger partial charge in [0.25, 0.3) is 0 Å². The molecule has 0 aliphatic heterocycles. The molecule has 2 fully saturated rings. The molecule has 0 aromatic heterocycles. The molecular formula is C24H32O6. The van der Waals surface area contributed by atoms with E-state index in [1.165, 1.54) is 26.4 Å². The molecule has 0 heterocycles. The molecule has 30 heavy (non-hydrogen) atoms. The summed E-state index contributed by atoms with van der Waals surface area (Å²) in [6.07, 6.45) is 8.42. The first kappa shape index (κ1) is 22.4. The van der Waals surface area contributed by atoms with Crippen LogP contribution in [0.1, 0.15) is 65.2 Å². The van der Waals surface area contributed by atoms with E-state index in [4.69, 9.17) is 9.47 Å². The Balaban J connectivity index is 1.72. The van der Waals surface area contributed by atoms with Crippen molar-refractivity contribution in [2.45, 2.75) is 65.2 Å². The molecule has 3 aliphatic carbocycles. The SMILES string of the molecule is COC(=O)C1CCC(C)(C2=CC(=O)C(C3(C)CCC(C(=O)OC)CC3)=CC2=O)CC1. The van der Waals surface area contributed by atoms with E-state index in [-0.39, 0.29) is 35.3 Å². The highest BCUT2D eigenvalue weighted by Gasteiger charge is 2.44. The van der Waals surface area contributed by atoms with Gasteiger partial charge in [0.15, 0.2) is 11.6 Å². The Labute approximate surface area is 178 Å². The maximum atomic E-state index is 13.1. The third-order valence-corrected chi connectivity index (χ3v) is 7.63. The summed E-state index contributed by atoms with van der Waals surface area (Å²) >= 11 is 0. The molecule has 0 aromatic rings. The molecule has 164 valence electrons. The molecule has 0 unspecified atom stereocenters. The predicted octanol–water partition coefficient (Wildman–Crippen LogP) is 3.73. The van der Waals surface area contributed by atoms with Crippen molar-refractivity contribution in [3.63, 3.8) is 0 Å². The lowest BCUT2D eigenvalue weighted by atomic mass is 9.62. The van der Waals surface area contributed by atoms with Gasteiger partial charge in [-0.05, 0) is 74.3 Å². The van der Waals surface area contributed by atoms with Crippen LogP contribution in [0.5, 0.6) is 0 Å². The van der Waals surface area contributed by atoms with Gasteiger partial charge >= 0.3 is 11.9 Å². The molecule has 0 bridgehead atoms. The van der Waals surface area contributed by atoms with Crippen molar-refractivity contribution in [1.82, 2.24) is 0 Å². The van der Waals surface area contributed by atoms with Crippen molar-refractivity contribution < 1.29 is 28.7 Å². The number of carbonyl (C=O) groups is 4. The predicted molar refractivity (Wildman–Crippen MR) is 110 cm³/mol. The third kappa shape index (κ3) is 4.14. The normalized spacial score (nSPS) is 34.7. The van der Waals surface area contributed by atoms with E-state index < -0.39 is 10.8 Å². The third-order valence-electron chi connectivity index (χ3n) is 7.63. The minimum Gasteiger partial charge on any atom is -0.469 e. The number of hydrogen-bond acceptors (Lipinski definition) is 6. The van der Waals surface area contributed by atoms with Crippen LogP contribution in [0, 0.1) is 22.7 Å². The minimum atomic E-state index is -0.400. The summed E-state index contributed by atoms with van der Waals surface area (Å²) in [6.45, 7) is 4.03. The van der Waals surface area contributed by atoms with Crippen LogP contribution < -0.4 is 0 Å². The van der Waals surface area contributed by atoms with Gasteiger partial charge in [-0.1, -0.05) is 13.8 Å². The molecule has 6 heteroatoms. The summed E-state index contributed by atoms with van der Waals surface area (Å²) < 4.78 is 9.70. The Bertz CT molecular complexity index is 734. The highest BCUT2D eigenvalue weighted by molar-refractivity contribution is 6.21. The number of allylic oxidation sites excluding steroid dienone is 4. The second-order valence-electron chi connectivity index (χ2n) is 9.56. The monoisotopic (exact) mass is 416 g/mol. The molecule has 0 saturated heterocycles. The zero-order valence-corrected chi connectivity index (χ0v) is 18.4. The van der Waals surface area contributed by atoms with Gasteiger partial charge in [0.2, 0.25) is 0 Å². The van der Waals surface area contributed by atoms with Gasteiger partial charge in [-0.3, -0.25) is 19.2 Å². The van der Waals surface area contributed by atoms with Crippen LogP contribution in [0.3, 0.4) is 0 Å². The summed E-state index contributed by atoms with van der Waals surface area (Å²) in [7, 11) is 2.79. The van der Waals surface area contributed by atoms with Gasteiger partial charge in [-0.15, -0.1) is 0 Å². The number of ketones is 2. The van der Waals surface area contributed by atoms with Crippen molar-refractivity contribution in [2.75, 3.05) is 14.2 Å². The highest BCUT2D eigenvalue weighted by atomic mass is 16.5. The van der Waals surface area contributed by atoms with E-state index in [9.17, 15) is 19.2 Å². The molecule has 0 radical (unpaired) electrons. The van der Waals surface area contributed by atoms with Gasteiger partial charge in [0.05, 0.1) is 26.1 Å². The molecule has 3 aliphatic rings. The first-order valence-corrected chi connectivity index (χ1v) is 10.8. The molecule has 3 rings (SSSR count). The fraction of sp³-hybridized carbons (Fsp3) is 0.667. The average Bonchev–Trinajstić information content (AvgIpc) is 2.74. The molecule has 0 amide bonds. The van der Waals surface area contributed by atoms with Crippen LogP contribution in [0.4, 0.5) is 0 Å². The number of rotatable bonds is 4. The zero-order valence-electron chi connectivity index (χ0n) is 18.4. The Morgan fingerprint density at radius 3 is 1.30 bits per heavy atom. The van der Waals surface area contributed by atoms with Crippen LogP contribution in [0.2, 0.25) is 0 Å². The molecule has 0 N–H and O–H groups in total. The van der Waals surface area contributed by atoms with Crippen molar-refractivity contribution in [3.05, 3.63) is 23.3 Å². The summed E-state index contributed by atoms with van der Waals surface area (Å²) in [6, 6.07) is 0. The van der Waals surface area contributed by atoms with E-state index in [0.29, 0.717) is 62.5 Å². The lowest BCUT2D eigenvalue weighted by Crippen LogP contribution is -2.37.